The van der Waals surface area contributed by atoms with Crippen LogP contribution in [0.3, 0.4) is 0 Å². The minimum atomic E-state index is -4.30. The van der Waals surface area contributed by atoms with Crippen molar-refractivity contribution in [2.75, 3.05) is 0 Å². The Morgan fingerprint density at radius 1 is 0.857 bits per heavy atom. The quantitative estimate of drug-likeness (QED) is 0.656. The first kappa shape index (κ1) is 15.5. The number of rotatable bonds is 5. The molecule has 2 rings (SSSR count). The highest BCUT2D eigenvalue weighted by Gasteiger charge is 2.29. The van der Waals surface area contributed by atoms with Crippen molar-refractivity contribution in [1.29, 1.82) is 0 Å². The largest absolute Gasteiger partial charge is 0.416 e. The molecule has 0 fully saturated rings. The summed E-state index contributed by atoms with van der Waals surface area (Å²) in [5, 5.41) is 0. The molecular weight excluding hydrogens is 277 g/mol. The average Bonchev–Trinajstić information content (AvgIpc) is 2.47. The zero-order valence-electron chi connectivity index (χ0n) is 11.4. The van der Waals surface area contributed by atoms with Crippen molar-refractivity contribution in [1.82, 2.24) is 5.43 Å². The molecular formula is C16H17F3N2. The molecule has 0 spiro atoms. The summed E-state index contributed by atoms with van der Waals surface area (Å²) in [6.07, 6.45) is -3.00. The van der Waals surface area contributed by atoms with Crippen LogP contribution in [0.15, 0.2) is 54.6 Å². The zero-order chi connectivity index (χ0) is 15.3. The van der Waals surface area contributed by atoms with Crippen molar-refractivity contribution in [2.24, 2.45) is 5.84 Å². The van der Waals surface area contributed by atoms with Gasteiger partial charge in [0.1, 0.15) is 0 Å². The van der Waals surface area contributed by atoms with Gasteiger partial charge in [-0.3, -0.25) is 11.3 Å². The Morgan fingerprint density at radius 2 is 1.38 bits per heavy atom. The first-order valence-corrected chi connectivity index (χ1v) is 6.65. The molecule has 112 valence electrons. The Kier molecular flexibility index (Phi) is 4.98. The summed E-state index contributed by atoms with van der Waals surface area (Å²) in [6.45, 7) is 0. The molecule has 0 bridgehead atoms. The van der Waals surface area contributed by atoms with Crippen LogP contribution in [0.1, 0.15) is 16.7 Å². The van der Waals surface area contributed by atoms with Gasteiger partial charge in [-0.2, -0.15) is 13.2 Å². The lowest BCUT2D eigenvalue weighted by Gasteiger charge is -2.16. The van der Waals surface area contributed by atoms with Crippen LogP contribution in [0.5, 0.6) is 0 Å². The molecule has 0 aromatic heterocycles. The van der Waals surface area contributed by atoms with Gasteiger partial charge in [0.25, 0.3) is 0 Å². The van der Waals surface area contributed by atoms with Gasteiger partial charge in [0.2, 0.25) is 0 Å². The van der Waals surface area contributed by atoms with E-state index in [0.717, 1.165) is 29.7 Å². The van der Waals surface area contributed by atoms with Crippen LogP contribution in [-0.4, -0.2) is 6.04 Å². The van der Waals surface area contributed by atoms with E-state index >= 15 is 0 Å². The molecule has 0 radical (unpaired) electrons. The van der Waals surface area contributed by atoms with Gasteiger partial charge < -0.3 is 0 Å². The van der Waals surface area contributed by atoms with E-state index in [2.05, 4.69) is 5.43 Å². The van der Waals surface area contributed by atoms with Gasteiger partial charge in [0, 0.05) is 6.04 Å². The van der Waals surface area contributed by atoms with Crippen LogP contribution in [-0.2, 0) is 19.0 Å². The summed E-state index contributed by atoms with van der Waals surface area (Å²) in [7, 11) is 0. The molecule has 0 aliphatic rings. The molecule has 0 amide bonds. The molecule has 1 unspecified atom stereocenters. The lowest BCUT2D eigenvalue weighted by molar-refractivity contribution is -0.137. The summed E-state index contributed by atoms with van der Waals surface area (Å²) in [5.74, 6) is 5.54. The lowest BCUT2D eigenvalue weighted by Crippen LogP contribution is -2.38. The third kappa shape index (κ3) is 4.58. The Labute approximate surface area is 121 Å². The van der Waals surface area contributed by atoms with E-state index in [-0.39, 0.29) is 6.04 Å². The molecule has 0 aliphatic carbocycles. The average molecular weight is 294 g/mol. The lowest BCUT2D eigenvalue weighted by atomic mass is 9.99. The second-order valence-electron chi connectivity index (χ2n) is 4.95. The van der Waals surface area contributed by atoms with Crippen LogP contribution < -0.4 is 11.3 Å². The fourth-order valence-electron chi connectivity index (χ4n) is 2.20. The minimum absolute atomic E-state index is 0.0239. The molecule has 0 aliphatic heterocycles. The van der Waals surface area contributed by atoms with E-state index < -0.39 is 11.7 Å². The number of halogens is 3. The van der Waals surface area contributed by atoms with E-state index in [4.69, 9.17) is 5.84 Å². The molecule has 0 saturated carbocycles. The van der Waals surface area contributed by atoms with Crippen LogP contribution in [0.2, 0.25) is 0 Å². The molecule has 21 heavy (non-hydrogen) atoms. The highest BCUT2D eigenvalue weighted by Crippen LogP contribution is 2.29. The molecule has 5 heteroatoms. The predicted octanol–water partition coefficient (Wildman–Crippen LogP) is 3.32. The van der Waals surface area contributed by atoms with Gasteiger partial charge in [-0.15, -0.1) is 0 Å². The van der Waals surface area contributed by atoms with Crippen LogP contribution in [0.4, 0.5) is 13.2 Å². The standard InChI is InChI=1S/C16H17F3N2/c17-16(18,19)14-8-6-13(7-9-14)11-15(21-20)10-12-4-2-1-3-5-12/h1-9,15,21H,10-11,20H2. The number of nitrogens with two attached hydrogens (primary N) is 1. The van der Waals surface area contributed by atoms with Crippen molar-refractivity contribution in [3.05, 3.63) is 71.3 Å². The monoisotopic (exact) mass is 294 g/mol. The SMILES string of the molecule is NNC(Cc1ccccc1)Cc1ccc(C(F)(F)F)cc1. The van der Waals surface area contributed by atoms with Crippen LogP contribution >= 0.6 is 0 Å². The van der Waals surface area contributed by atoms with Crippen molar-refractivity contribution in [3.63, 3.8) is 0 Å². The van der Waals surface area contributed by atoms with Crippen LogP contribution in [0, 0.1) is 0 Å². The molecule has 2 aromatic rings. The Bertz CT molecular complexity index is 550. The van der Waals surface area contributed by atoms with Crippen molar-refractivity contribution >= 4 is 0 Å². The topological polar surface area (TPSA) is 38.0 Å². The van der Waals surface area contributed by atoms with Gasteiger partial charge in [-0.25, -0.2) is 0 Å². The summed E-state index contributed by atoms with van der Waals surface area (Å²) < 4.78 is 37.5. The zero-order valence-corrected chi connectivity index (χ0v) is 11.4. The summed E-state index contributed by atoms with van der Waals surface area (Å²) in [5.41, 5.74) is 4.04. The molecule has 0 heterocycles. The number of hydrogen-bond donors (Lipinski definition) is 2. The first-order chi connectivity index (χ1) is 9.99. The third-order valence-electron chi connectivity index (χ3n) is 3.32. The van der Waals surface area contributed by atoms with E-state index in [1.54, 1.807) is 0 Å². The fraction of sp³-hybridized carbons (Fsp3) is 0.250. The number of nitrogens with one attached hydrogen (secondary N) is 1. The Hall–Kier alpha value is -1.85. The van der Waals surface area contributed by atoms with Gasteiger partial charge in [0.15, 0.2) is 0 Å². The minimum Gasteiger partial charge on any atom is -0.271 e. The number of hydrogen-bond acceptors (Lipinski definition) is 2. The molecule has 2 aromatic carbocycles. The van der Waals surface area contributed by atoms with Crippen molar-refractivity contribution in [2.45, 2.75) is 25.1 Å². The van der Waals surface area contributed by atoms with E-state index in [0.29, 0.717) is 6.42 Å². The first-order valence-electron chi connectivity index (χ1n) is 6.65. The summed E-state index contributed by atoms with van der Waals surface area (Å²) in [4.78, 5) is 0. The smallest absolute Gasteiger partial charge is 0.271 e. The Balaban J connectivity index is 2.02. The maximum atomic E-state index is 12.5. The normalized spacial score (nSPS) is 13.1. The highest BCUT2D eigenvalue weighted by molar-refractivity contribution is 5.26. The van der Waals surface area contributed by atoms with Gasteiger partial charge in [-0.1, -0.05) is 42.5 Å². The van der Waals surface area contributed by atoms with Gasteiger partial charge >= 0.3 is 6.18 Å². The van der Waals surface area contributed by atoms with E-state index in [9.17, 15) is 13.2 Å². The second-order valence-corrected chi connectivity index (χ2v) is 4.95. The molecule has 3 N–H and O–H groups in total. The predicted molar refractivity (Wildman–Crippen MR) is 76.4 cm³/mol. The number of alkyl halides is 3. The van der Waals surface area contributed by atoms with Gasteiger partial charge in [-0.05, 0) is 36.1 Å². The van der Waals surface area contributed by atoms with Crippen molar-refractivity contribution in [3.8, 4) is 0 Å². The number of benzene rings is 2. The Morgan fingerprint density at radius 3 is 1.86 bits per heavy atom. The fourth-order valence-corrected chi connectivity index (χ4v) is 2.20. The summed E-state index contributed by atoms with van der Waals surface area (Å²) >= 11 is 0. The molecule has 1 atom stereocenters. The third-order valence-corrected chi connectivity index (χ3v) is 3.32. The summed E-state index contributed by atoms with van der Waals surface area (Å²) in [6, 6.07) is 15.0. The maximum absolute atomic E-state index is 12.5. The molecule has 2 nitrogen and oxygen atoms in total. The highest BCUT2D eigenvalue weighted by atomic mass is 19.4. The van der Waals surface area contributed by atoms with E-state index in [1.807, 2.05) is 30.3 Å². The maximum Gasteiger partial charge on any atom is 0.416 e. The second kappa shape index (κ2) is 6.74. The molecule has 0 saturated heterocycles. The van der Waals surface area contributed by atoms with Gasteiger partial charge in [0.05, 0.1) is 5.56 Å². The van der Waals surface area contributed by atoms with Crippen molar-refractivity contribution < 1.29 is 13.2 Å². The number of hydrazine groups is 1. The van der Waals surface area contributed by atoms with Crippen LogP contribution in [0.25, 0.3) is 0 Å². The van der Waals surface area contributed by atoms with E-state index in [1.165, 1.54) is 12.1 Å².